The van der Waals surface area contributed by atoms with Crippen LogP contribution >= 0.6 is 0 Å². The molecule has 0 spiro atoms. The van der Waals surface area contributed by atoms with Gasteiger partial charge in [0.25, 0.3) is 0 Å². The molecule has 0 saturated heterocycles. The normalized spacial score (nSPS) is 12.2. The molecule has 0 bridgehead atoms. The Kier molecular flexibility index (Phi) is 4.92. The molecular formula is C12H19N3O. The predicted molar refractivity (Wildman–Crippen MR) is 65.1 cm³/mol. The highest BCUT2D eigenvalue weighted by Gasteiger charge is 2.20. The molecule has 0 aliphatic heterocycles. The van der Waals surface area contributed by atoms with Crippen LogP contribution in [0, 0.1) is 5.92 Å². The first-order valence-corrected chi connectivity index (χ1v) is 5.58. The van der Waals surface area contributed by atoms with Crippen LogP contribution in [0.3, 0.4) is 0 Å². The van der Waals surface area contributed by atoms with Crippen molar-refractivity contribution < 1.29 is 4.79 Å². The number of rotatable bonds is 5. The Balaban J connectivity index is 2.73. The molecule has 16 heavy (non-hydrogen) atoms. The fourth-order valence-corrected chi connectivity index (χ4v) is 1.66. The van der Waals surface area contributed by atoms with E-state index in [4.69, 9.17) is 5.73 Å². The smallest absolute Gasteiger partial charge is 0.231 e. The third-order valence-electron chi connectivity index (χ3n) is 2.65. The van der Waals surface area contributed by atoms with Gasteiger partial charge in [0, 0.05) is 31.7 Å². The second kappa shape index (κ2) is 6.23. The van der Waals surface area contributed by atoms with E-state index >= 15 is 0 Å². The van der Waals surface area contributed by atoms with Crippen LogP contribution in [0.5, 0.6) is 0 Å². The van der Waals surface area contributed by atoms with Gasteiger partial charge in [0.1, 0.15) is 0 Å². The molecule has 4 heteroatoms. The average molecular weight is 221 g/mol. The zero-order valence-electron chi connectivity index (χ0n) is 9.89. The number of hydrogen-bond donors (Lipinski definition) is 1. The molecule has 0 aliphatic carbocycles. The lowest BCUT2D eigenvalue weighted by Gasteiger charge is -2.22. The van der Waals surface area contributed by atoms with Gasteiger partial charge in [0.2, 0.25) is 5.91 Å². The number of anilines is 1. The number of pyridine rings is 1. The molecule has 0 aromatic carbocycles. The minimum Gasteiger partial charge on any atom is -0.330 e. The third-order valence-corrected chi connectivity index (χ3v) is 2.65. The van der Waals surface area contributed by atoms with Crippen molar-refractivity contribution in [3.8, 4) is 0 Å². The molecule has 1 heterocycles. The minimum absolute atomic E-state index is 0.0792. The van der Waals surface area contributed by atoms with Gasteiger partial charge in [0.05, 0.1) is 5.92 Å². The quantitative estimate of drug-likeness (QED) is 0.818. The summed E-state index contributed by atoms with van der Waals surface area (Å²) in [4.78, 5) is 17.7. The highest BCUT2D eigenvalue weighted by atomic mass is 16.2. The summed E-state index contributed by atoms with van der Waals surface area (Å²) in [6.07, 6.45) is 5.16. The molecular weight excluding hydrogens is 202 g/mol. The SMILES string of the molecule is CCCC(CN)C(=O)N(C)c1ccncc1. The summed E-state index contributed by atoms with van der Waals surface area (Å²) in [5.74, 6) is -0.00119. The lowest BCUT2D eigenvalue weighted by molar-refractivity contribution is -0.122. The first-order chi connectivity index (χ1) is 7.70. The van der Waals surface area contributed by atoms with Crippen molar-refractivity contribution in [3.05, 3.63) is 24.5 Å². The van der Waals surface area contributed by atoms with Crippen LogP contribution in [0.1, 0.15) is 19.8 Å². The second-order valence-electron chi connectivity index (χ2n) is 3.82. The lowest BCUT2D eigenvalue weighted by Crippen LogP contribution is -2.36. The maximum Gasteiger partial charge on any atom is 0.231 e. The van der Waals surface area contributed by atoms with Gasteiger partial charge in [-0.3, -0.25) is 9.78 Å². The highest BCUT2D eigenvalue weighted by Crippen LogP contribution is 2.15. The van der Waals surface area contributed by atoms with Gasteiger partial charge in [0.15, 0.2) is 0 Å². The van der Waals surface area contributed by atoms with E-state index in [2.05, 4.69) is 11.9 Å². The van der Waals surface area contributed by atoms with Crippen LogP contribution in [-0.2, 0) is 4.79 Å². The van der Waals surface area contributed by atoms with Gasteiger partial charge in [-0.1, -0.05) is 13.3 Å². The minimum atomic E-state index is -0.0804. The Bertz CT molecular complexity index is 326. The molecule has 1 aromatic heterocycles. The van der Waals surface area contributed by atoms with Gasteiger partial charge in [-0.15, -0.1) is 0 Å². The maximum absolute atomic E-state index is 12.1. The van der Waals surface area contributed by atoms with Crippen LogP contribution in [0.2, 0.25) is 0 Å². The van der Waals surface area contributed by atoms with Crippen molar-refractivity contribution in [2.45, 2.75) is 19.8 Å². The van der Waals surface area contributed by atoms with E-state index in [1.807, 2.05) is 12.1 Å². The van der Waals surface area contributed by atoms with Crippen molar-refractivity contribution in [1.82, 2.24) is 4.98 Å². The summed E-state index contributed by atoms with van der Waals surface area (Å²) in [7, 11) is 1.77. The van der Waals surface area contributed by atoms with Crippen molar-refractivity contribution >= 4 is 11.6 Å². The van der Waals surface area contributed by atoms with Gasteiger partial charge in [-0.2, -0.15) is 0 Å². The topological polar surface area (TPSA) is 59.2 Å². The van der Waals surface area contributed by atoms with Crippen molar-refractivity contribution in [2.75, 3.05) is 18.5 Å². The molecule has 4 nitrogen and oxygen atoms in total. The van der Waals surface area contributed by atoms with Gasteiger partial charge in [-0.25, -0.2) is 0 Å². The fraction of sp³-hybridized carbons (Fsp3) is 0.500. The zero-order chi connectivity index (χ0) is 12.0. The van der Waals surface area contributed by atoms with Crippen molar-refractivity contribution in [3.63, 3.8) is 0 Å². The molecule has 1 amide bonds. The summed E-state index contributed by atoms with van der Waals surface area (Å²) >= 11 is 0. The van der Waals surface area contributed by atoms with E-state index < -0.39 is 0 Å². The standard InChI is InChI=1S/C12H19N3O/c1-3-4-10(9-13)12(16)15(2)11-5-7-14-8-6-11/h5-8,10H,3-4,9,13H2,1-2H3. The molecule has 0 saturated carbocycles. The van der Waals surface area contributed by atoms with Crippen LogP contribution in [0.25, 0.3) is 0 Å². The van der Waals surface area contributed by atoms with E-state index in [1.54, 1.807) is 24.3 Å². The molecule has 1 unspecified atom stereocenters. The lowest BCUT2D eigenvalue weighted by atomic mass is 10.0. The molecule has 1 rings (SSSR count). The second-order valence-corrected chi connectivity index (χ2v) is 3.82. The van der Waals surface area contributed by atoms with Crippen molar-refractivity contribution in [1.29, 1.82) is 0 Å². The molecule has 2 N–H and O–H groups in total. The van der Waals surface area contributed by atoms with Gasteiger partial charge >= 0.3 is 0 Å². The monoisotopic (exact) mass is 221 g/mol. The Morgan fingerprint density at radius 2 is 2.12 bits per heavy atom. The maximum atomic E-state index is 12.1. The predicted octanol–water partition coefficient (Wildman–Crippen LogP) is 1.42. The first kappa shape index (κ1) is 12.6. The Morgan fingerprint density at radius 1 is 1.50 bits per heavy atom. The van der Waals surface area contributed by atoms with Crippen molar-refractivity contribution in [2.24, 2.45) is 11.7 Å². The highest BCUT2D eigenvalue weighted by molar-refractivity contribution is 5.94. The third kappa shape index (κ3) is 3.03. The summed E-state index contributed by atoms with van der Waals surface area (Å²) in [5.41, 5.74) is 6.47. The molecule has 88 valence electrons. The van der Waals surface area contributed by atoms with E-state index in [9.17, 15) is 4.79 Å². The summed E-state index contributed by atoms with van der Waals surface area (Å²) < 4.78 is 0. The summed E-state index contributed by atoms with van der Waals surface area (Å²) in [6.45, 7) is 2.46. The van der Waals surface area contributed by atoms with E-state index in [1.165, 1.54) is 0 Å². The zero-order valence-corrected chi connectivity index (χ0v) is 9.89. The molecule has 0 radical (unpaired) electrons. The van der Waals surface area contributed by atoms with Crippen LogP contribution in [0.4, 0.5) is 5.69 Å². The summed E-state index contributed by atoms with van der Waals surface area (Å²) in [5, 5.41) is 0. The van der Waals surface area contributed by atoms with Crippen LogP contribution in [0.15, 0.2) is 24.5 Å². The number of nitrogens with zero attached hydrogens (tertiary/aromatic N) is 2. The number of carbonyl (C=O) groups excluding carboxylic acids is 1. The van der Waals surface area contributed by atoms with Crippen LogP contribution < -0.4 is 10.6 Å². The molecule has 1 atom stereocenters. The largest absolute Gasteiger partial charge is 0.330 e. The molecule has 1 aromatic rings. The Hall–Kier alpha value is -1.42. The molecule has 0 fully saturated rings. The van der Waals surface area contributed by atoms with Gasteiger partial charge < -0.3 is 10.6 Å². The average Bonchev–Trinajstić information content (AvgIpc) is 2.35. The molecule has 0 aliphatic rings. The van der Waals surface area contributed by atoms with E-state index in [0.29, 0.717) is 6.54 Å². The van der Waals surface area contributed by atoms with Crippen LogP contribution in [-0.4, -0.2) is 24.5 Å². The number of amides is 1. The Labute approximate surface area is 96.5 Å². The first-order valence-electron chi connectivity index (χ1n) is 5.58. The fourth-order valence-electron chi connectivity index (χ4n) is 1.66. The van der Waals surface area contributed by atoms with E-state index in [-0.39, 0.29) is 11.8 Å². The van der Waals surface area contributed by atoms with Gasteiger partial charge in [-0.05, 0) is 18.6 Å². The summed E-state index contributed by atoms with van der Waals surface area (Å²) in [6, 6.07) is 3.63. The number of carbonyl (C=O) groups is 1. The number of nitrogens with two attached hydrogens (primary N) is 1. The Morgan fingerprint density at radius 3 is 2.62 bits per heavy atom. The van der Waals surface area contributed by atoms with E-state index in [0.717, 1.165) is 18.5 Å². The number of hydrogen-bond acceptors (Lipinski definition) is 3. The number of aromatic nitrogens is 1.